The molecule has 0 radical (unpaired) electrons. The van der Waals surface area contributed by atoms with E-state index in [9.17, 15) is 9.59 Å². The molecule has 0 fully saturated rings. The highest BCUT2D eigenvalue weighted by molar-refractivity contribution is 5.78. The summed E-state index contributed by atoms with van der Waals surface area (Å²) in [7, 11) is 1.34. The highest BCUT2D eigenvalue weighted by Crippen LogP contribution is 2.17. The van der Waals surface area contributed by atoms with Crippen LogP contribution >= 0.6 is 0 Å². The van der Waals surface area contributed by atoms with Gasteiger partial charge in [0.25, 0.3) is 0 Å². The Morgan fingerprint density at radius 2 is 2.05 bits per heavy atom. The fraction of sp³-hybridized carbons (Fsp3) is 0.312. The van der Waals surface area contributed by atoms with Crippen molar-refractivity contribution in [3.8, 4) is 11.5 Å². The quantitative estimate of drug-likeness (QED) is 0.624. The Balaban J connectivity index is 1.78. The van der Waals surface area contributed by atoms with E-state index < -0.39 is 0 Å². The second kappa shape index (κ2) is 7.97. The minimum absolute atomic E-state index is 0.147. The smallest absolute Gasteiger partial charge is 0.305 e. The van der Waals surface area contributed by atoms with Gasteiger partial charge >= 0.3 is 5.97 Å². The van der Waals surface area contributed by atoms with Gasteiger partial charge in [-0.2, -0.15) is 0 Å². The van der Waals surface area contributed by atoms with Crippen LogP contribution in [0.25, 0.3) is 11.5 Å². The van der Waals surface area contributed by atoms with Gasteiger partial charge in [-0.3, -0.25) is 9.59 Å². The third kappa shape index (κ3) is 4.73. The van der Waals surface area contributed by atoms with Gasteiger partial charge in [0, 0.05) is 18.5 Å². The van der Waals surface area contributed by atoms with Crippen molar-refractivity contribution in [2.75, 3.05) is 13.7 Å². The lowest BCUT2D eigenvalue weighted by Crippen LogP contribution is -2.26. The Bertz CT molecular complexity index is 622. The molecular weight excluding hydrogens is 284 g/mol. The Hall–Kier alpha value is -2.63. The Kier molecular flexibility index (Phi) is 5.71. The zero-order valence-electron chi connectivity index (χ0n) is 12.4. The number of carbonyl (C=O) groups is 2. The van der Waals surface area contributed by atoms with Crippen LogP contribution in [0.3, 0.4) is 0 Å². The summed E-state index contributed by atoms with van der Waals surface area (Å²) in [6.45, 7) is 0.428. The van der Waals surface area contributed by atoms with Crippen LogP contribution in [0.15, 0.2) is 41.0 Å². The molecule has 22 heavy (non-hydrogen) atoms. The second-order valence-electron chi connectivity index (χ2n) is 4.72. The lowest BCUT2D eigenvalue weighted by atomic mass is 10.2. The minimum Gasteiger partial charge on any atom is -0.469 e. The van der Waals surface area contributed by atoms with E-state index in [0.29, 0.717) is 31.0 Å². The van der Waals surface area contributed by atoms with Crippen LogP contribution in [0.1, 0.15) is 18.5 Å². The molecule has 6 nitrogen and oxygen atoms in total. The number of hydrogen-bond donors (Lipinski definition) is 1. The number of esters is 1. The number of nitrogens with zero attached hydrogens (tertiary/aromatic N) is 1. The van der Waals surface area contributed by atoms with Crippen LogP contribution in [0, 0.1) is 0 Å². The van der Waals surface area contributed by atoms with Gasteiger partial charge in [0.05, 0.1) is 19.2 Å². The summed E-state index contributed by atoms with van der Waals surface area (Å²) < 4.78 is 9.89. The van der Waals surface area contributed by atoms with E-state index in [1.807, 2.05) is 30.3 Å². The number of methoxy groups -OCH3 is 1. The molecular formula is C16H18N2O4. The zero-order chi connectivity index (χ0) is 15.8. The number of benzene rings is 1. The molecule has 0 saturated carbocycles. The Labute approximate surface area is 128 Å². The van der Waals surface area contributed by atoms with Crippen molar-refractivity contribution in [3.05, 3.63) is 42.3 Å². The molecule has 1 aromatic carbocycles. The van der Waals surface area contributed by atoms with E-state index in [-0.39, 0.29) is 18.3 Å². The minimum atomic E-state index is -0.279. The summed E-state index contributed by atoms with van der Waals surface area (Å²) in [4.78, 5) is 27.0. The fourth-order valence-corrected chi connectivity index (χ4v) is 1.89. The summed E-state index contributed by atoms with van der Waals surface area (Å²) in [5, 5.41) is 2.73. The van der Waals surface area contributed by atoms with Gasteiger partial charge in [0.15, 0.2) is 0 Å². The fourth-order valence-electron chi connectivity index (χ4n) is 1.89. The number of aromatic nitrogens is 1. The molecule has 0 atom stereocenters. The van der Waals surface area contributed by atoms with Crippen LogP contribution in [0.5, 0.6) is 0 Å². The molecule has 0 spiro atoms. The Morgan fingerprint density at radius 3 is 2.77 bits per heavy atom. The maximum atomic E-state index is 11.8. The molecule has 0 aliphatic carbocycles. The SMILES string of the molecule is COC(=O)CCCNC(=O)Cc1coc(-c2ccccc2)n1. The van der Waals surface area contributed by atoms with Crippen molar-refractivity contribution in [2.45, 2.75) is 19.3 Å². The lowest BCUT2D eigenvalue weighted by Gasteiger charge is -2.03. The molecule has 1 heterocycles. The highest BCUT2D eigenvalue weighted by Gasteiger charge is 2.10. The average molecular weight is 302 g/mol. The molecule has 2 aromatic rings. The molecule has 1 aromatic heterocycles. The van der Waals surface area contributed by atoms with Crippen molar-refractivity contribution >= 4 is 11.9 Å². The molecule has 6 heteroatoms. The summed E-state index contributed by atoms with van der Waals surface area (Å²) >= 11 is 0. The molecule has 0 saturated heterocycles. The van der Waals surface area contributed by atoms with E-state index in [1.54, 1.807) is 0 Å². The summed E-state index contributed by atoms with van der Waals surface area (Å²) in [5.41, 5.74) is 1.44. The first kappa shape index (κ1) is 15.8. The molecule has 0 unspecified atom stereocenters. The number of amides is 1. The van der Waals surface area contributed by atoms with E-state index in [4.69, 9.17) is 4.42 Å². The van der Waals surface area contributed by atoms with Crippen molar-refractivity contribution in [1.82, 2.24) is 10.3 Å². The predicted molar refractivity (Wildman–Crippen MR) is 79.9 cm³/mol. The lowest BCUT2D eigenvalue weighted by molar-refractivity contribution is -0.140. The van der Waals surface area contributed by atoms with Crippen molar-refractivity contribution < 1.29 is 18.7 Å². The van der Waals surface area contributed by atoms with Gasteiger partial charge in [-0.05, 0) is 18.6 Å². The maximum Gasteiger partial charge on any atom is 0.305 e. The number of nitrogens with one attached hydrogen (secondary N) is 1. The summed E-state index contributed by atoms with van der Waals surface area (Å²) in [6, 6.07) is 9.49. The zero-order valence-corrected chi connectivity index (χ0v) is 12.4. The maximum absolute atomic E-state index is 11.8. The van der Waals surface area contributed by atoms with E-state index >= 15 is 0 Å². The largest absolute Gasteiger partial charge is 0.469 e. The number of oxazole rings is 1. The van der Waals surface area contributed by atoms with Gasteiger partial charge < -0.3 is 14.5 Å². The second-order valence-corrected chi connectivity index (χ2v) is 4.72. The first-order valence-electron chi connectivity index (χ1n) is 7.02. The standard InChI is InChI=1S/C16H18N2O4/c1-21-15(20)8-5-9-17-14(19)10-13-11-22-16(18-13)12-6-3-2-4-7-12/h2-4,6-7,11H,5,8-10H2,1H3,(H,17,19). The van der Waals surface area contributed by atoms with Crippen LogP contribution in [0.4, 0.5) is 0 Å². The van der Waals surface area contributed by atoms with Gasteiger partial charge in [-0.25, -0.2) is 4.98 Å². The molecule has 2 rings (SSSR count). The third-order valence-corrected chi connectivity index (χ3v) is 3.02. The molecule has 0 bridgehead atoms. The van der Waals surface area contributed by atoms with Gasteiger partial charge in [-0.15, -0.1) is 0 Å². The van der Waals surface area contributed by atoms with Crippen molar-refractivity contribution in [2.24, 2.45) is 0 Å². The van der Waals surface area contributed by atoms with E-state index in [2.05, 4.69) is 15.0 Å². The van der Waals surface area contributed by atoms with Gasteiger partial charge in [-0.1, -0.05) is 18.2 Å². The van der Waals surface area contributed by atoms with Crippen LogP contribution in [-0.4, -0.2) is 30.5 Å². The first-order valence-corrected chi connectivity index (χ1v) is 7.02. The summed E-state index contributed by atoms with van der Waals surface area (Å²) in [6.07, 6.45) is 2.47. The molecule has 0 aliphatic heterocycles. The van der Waals surface area contributed by atoms with Crippen molar-refractivity contribution in [1.29, 1.82) is 0 Å². The van der Waals surface area contributed by atoms with Gasteiger partial charge in [0.2, 0.25) is 11.8 Å². The number of carbonyl (C=O) groups excluding carboxylic acids is 2. The molecule has 116 valence electrons. The average Bonchev–Trinajstić information content (AvgIpc) is 3.00. The third-order valence-electron chi connectivity index (χ3n) is 3.02. The Morgan fingerprint density at radius 1 is 1.27 bits per heavy atom. The first-order chi connectivity index (χ1) is 10.7. The normalized spacial score (nSPS) is 10.2. The van der Waals surface area contributed by atoms with Crippen LogP contribution in [0.2, 0.25) is 0 Å². The van der Waals surface area contributed by atoms with E-state index in [1.165, 1.54) is 13.4 Å². The van der Waals surface area contributed by atoms with Crippen LogP contribution in [-0.2, 0) is 20.7 Å². The van der Waals surface area contributed by atoms with Crippen molar-refractivity contribution in [3.63, 3.8) is 0 Å². The van der Waals surface area contributed by atoms with Crippen LogP contribution < -0.4 is 5.32 Å². The van der Waals surface area contributed by atoms with Gasteiger partial charge in [0.1, 0.15) is 6.26 Å². The molecule has 0 aliphatic rings. The number of rotatable bonds is 7. The molecule has 1 amide bonds. The number of hydrogen-bond acceptors (Lipinski definition) is 5. The summed E-state index contributed by atoms with van der Waals surface area (Å²) in [5.74, 6) is 0.0603. The van der Waals surface area contributed by atoms with E-state index in [0.717, 1.165) is 5.56 Å². The topological polar surface area (TPSA) is 81.4 Å². The monoisotopic (exact) mass is 302 g/mol. The molecule has 1 N–H and O–H groups in total. The highest BCUT2D eigenvalue weighted by atomic mass is 16.5. The predicted octanol–water partition coefficient (Wildman–Crippen LogP) is 1.95. The number of ether oxygens (including phenoxy) is 1.